The lowest BCUT2D eigenvalue weighted by Gasteiger charge is -2.24. The van der Waals surface area contributed by atoms with E-state index in [0.29, 0.717) is 0 Å². The van der Waals surface area contributed by atoms with Gasteiger partial charge in [-0.25, -0.2) is 4.98 Å². The Hall–Kier alpha value is -0.830. The van der Waals surface area contributed by atoms with Crippen LogP contribution in [0.1, 0.15) is 33.6 Å². The Morgan fingerprint density at radius 2 is 2.21 bits per heavy atom. The van der Waals surface area contributed by atoms with Gasteiger partial charge in [0.05, 0.1) is 6.33 Å². The van der Waals surface area contributed by atoms with Crippen molar-refractivity contribution in [3.05, 3.63) is 18.7 Å². The van der Waals surface area contributed by atoms with E-state index in [2.05, 4.69) is 35.6 Å². The Bertz CT molecular complexity index is 239. The van der Waals surface area contributed by atoms with Gasteiger partial charge in [0.1, 0.15) is 0 Å². The van der Waals surface area contributed by atoms with E-state index in [1.807, 2.05) is 18.7 Å². The minimum atomic E-state index is 0.273. The Balaban J connectivity index is 2.11. The van der Waals surface area contributed by atoms with Gasteiger partial charge >= 0.3 is 0 Å². The molecule has 0 saturated carbocycles. The molecule has 3 heteroatoms. The number of hydrogen-bond acceptors (Lipinski definition) is 2. The summed E-state index contributed by atoms with van der Waals surface area (Å²) in [6.07, 6.45) is 8.01. The van der Waals surface area contributed by atoms with Crippen molar-refractivity contribution >= 4 is 0 Å². The molecule has 14 heavy (non-hydrogen) atoms. The van der Waals surface area contributed by atoms with E-state index in [1.165, 1.54) is 0 Å². The average Bonchev–Trinajstić information content (AvgIpc) is 2.65. The fourth-order valence-corrected chi connectivity index (χ4v) is 1.23. The average molecular weight is 195 g/mol. The summed E-state index contributed by atoms with van der Waals surface area (Å²) in [5.41, 5.74) is 0.273. The van der Waals surface area contributed by atoms with Crippen LogP contribution < -0.4 is 5.32 Å². The molecule has 1 heterocycles. The molecule has 0 bridgehead atoms. The molecule has 1 rings (SSSR count). The molecule has 0 fully saturated rings. The van der Waals surface area contributed by atoms with E-state index in [1.54, 1.807) is 0 Å². The summed E-state index contributed by atoms with van der Waals surface area (Å²) in [5.74, 6) is 0. The molecular weight excluding hydrogens is 174 g/mol. The van der Waals surface area contributed by atoms with Gasteiger partial charge in [-0.1, -0.05) is 6.92 Å². The second-order valence-corrected chi connectivity index (χ2v) is 4.32. The van der Waals surface area contributed by atoms with Crippen molar-refractivity contribution in [1.29, 1.82) is 0 Å². The van der Waals surface area contributed by atoms with E-state index in [4.69, 9.17) is 0 Å². The molecule has 0 radical (unpaired) electrons. The molecule has 0 saturated heterocycles. The molecule has 0 atom stereocenters. The van der Waals surface area contributed by atoms with Gasteiger partial charge in [-0.2, -0.15) is 0 Å². The first kappa shape index (κ1) is 11.2. The lowest BCUT2D eigenvalue weighted by molar-refractivity contribution is 0.369. The number of aryl methyl sites for hydroxylation is 1. The molecule has 1 aromatic rings. The first-order chi connectivity index (χ1) is 6.64. The topological polar surface area (TPSA) is 29.9 Å². The largest absolute Gasteiger partial charge is 0.337 e. The second kappa shape index (κ2) is 5.15. The maximum Gasteiger partial charge on any atom is 0.0945 e. The molecule has 0 aliphatic rings. The zero-order chi connectivity index (χ0) is 10.4. The normalized spacial score (nSPS) is 11.9. The predicted octanol–water partition coefficient (Wildman–Crippen LogP) is 2.05. The molecule has 0 amide bonds. The van der Waals surface area contributed by atoms with E-state index in [9.17, 15) is 0 Å². The first-order valence-electron chi connectivity index (χ1n) is 5.35. The molecule has 0 aliphatic carbocycles. The van der Waals surface area contributed by atoms with Crippen molar-refractivity contribution in [2.24, 2.45) is 0 Å². The van der Waals surface area contributed by atoms with E-state index < -0.39 is 0 Å². The Kier molecular flexibility index (Phi) is 4.14. The highest BCUT2D eigenvalue weighted by molar-refractivity contribution is 4.76. The van der Waals surface area contributed by atoms with Crippen LogP contribution >= 0.6 is 0 Å². The zero-order valence-electron chi connectivity index (χ0n) is 9.45. The third-order valence-corrected chi connectivity index (χ3v) is 2.64. The summed E-state index contributed by atoms with van der Waals surface area (Å²) in [6.45, 7) is 8.81. The van der Waals surface area contributed by atoms with Crippen LogP contribution in [0.5, 0.6) is 0 Å². The first-order valence-corrected chi connectivity index (χ1v) is 5.35. The van der Waals surface area contributed by atoms with Gasteiger partial charge in [-0.15, -0.1) is 0 Å². The third kappa shape index (κ3) is 3.92. The molecule has 0 aromatic carbocycles. The summed E-state index contributed by atoms with van der Waals surface area (Å²) in [6, 6.07) is 0. The summed E-state index contributed by atoms with van der Waals surface area (Å²) in [5, 5.41) is 3.54. The number of aromatic nitrogens is 2. The van der Waals surface area contributed by atoms with Crippen LogP contribution in [0.4, 0.5) is 0 Å². The highest BCUT2D eigenvalue weighted by Crippen LogP contribution is 2.06. The van der Waals surface area contributed by atoms with Crippen molar-refractivity contribution in [2.45, 2.75) is 45.7 Å². The molecule has 0 spiro atoms. The number of imidazole rings is 1. The van der Waals surface area contributed by atoms with Gasteiger partial charge in [-0.05, 0) is 33.2 Å². The van der Waals surface area contributed by atoms with E-state index in [0.717, 1.165) is 25.9 Å². The summed E-state index contributed by atoms with van der Waals surface area (Å²) in [4.78, 5) is 4.01. The van der Waals surface area contributed by atoms with Crippen molar-refractivity contribution in [3.8, 4) is 0 Å². The van der Waals surface area contributed by atoms with Crippen molar-refractivity contribution in [3.63, 3.8) is 0 Å². The van der Waals surface area contributed by atoms with Crippen molar-refractivity contribution in [2.75, 3.05) is 6.54 Å². The molecule has 0 unspecified atom stereocenters. The van der Waals surface area contributed by atoms with Crippen LogP contribution in [0.25, 0.3) is 0 Å². The Labute approximate surface area is 86.5 Å². The van der Waals surface area contributed by atoms with E-state index >= 15 is 0 Å². The lowest BCUT2D eigenvalue weighted by atomic mass is 10.0. The predicted molar refractivity (Wildman–Crippen MR) is 59.2 cm³/mol. The molecular formula is C11H21N3. The quantitative estimate of drug-likeness (QED) is 0.704. The SMILES string of the molecule is CCC(C)(C)NCCCn1ccnc1. The maximum absolute atomic E-state index is 4.01. The van der Waals surface area contributed by atoms with Crippen LogP contribution in [0.15, 0.2) is 18.7 Å². The van der Waals surface area contributed by atoms with Gasteiger partial charge in [0, 0.05) is 24.5 Å². The van der Waals surface area contributed by atoms with Gasteiger partial charge in [0.15, 0.2) is 0 Å². The minimum absolute atomic E-state index is 0.273. The van der Waals surface area contributed by atoms with Gasteiger partial charge in [0.2, 0.25) is 0 Å². The smallest absolute Gasteiger partial charge is 0.0945 e. The van der Waals surface area contributed by atoms with Crippen LogP contribution in [0.3, 0.4) is 0 Å². The molecule has 1 aromatic heterocycles. The number of nitrogens with one attached hydrogen (secondary N) is 1. The monoisotopic (exact) mass is 195 g/mol. The highest BCUT2D eigenvalue weighted by atomic mass is 15.0. The number of rotatable bonds is 6. The molecule has 1 N–H and O–H groups in total. The Morgan fingerprint density at radius 3 is 2.79 bits per heavy atom. The highest BCUT2D eigenvalue weighted by Gasteiger charge is 2.12. The van der Waals surface area contributed by atoms with Crippen molar-refractivity contribution in [1.82, 2.24) is 14.9 Å². The summed E-state index contributed by atoms with van der Waals surface area (Å²) in [7, 11) is 0. The zero-order valence-corrected chi connectivity index (χ0v) is 9.45. The van der Waals surface area contributed by atoms with Crippen molar-refractivity contribution < 1.29 is 0 Å². The summed E-state index contributed by atoms with van der Waals surface area (Å²) >= 11 is 0. The minimum Gasteiger partial charge on any atom is -0.337 e. The molecule has 80 valence electrons. The van der Waals surface area contributed by atoms with Crippen LogP contribution in [0.2, 0.25) is 0 Å². The number of hydrogen-bond donors (Lipinski definition) is 1. The lowest BCUT2D eigenvalue weighted by Crippen LogP contribution is -2.39. The Morgan fingerprint density at radius 1 is 1.43 bits per heavy atom. The van der Waals surface area contributed by atoms with Crippen LogP contribution in [-0.4, -0.2) is 21.6 Å². The molecule has 3 nitrogen and oxygen atoms in total. The fourth-order valence-electron chi connectivity index (χ4n) is 1.23. The van der Waals surface area contributed by atoms with Gasteiger partial charge in [0.25, 0.3) is 0 Å². The molecule has 0 aliphatic heterocycles. The van der Waals surface area contributed by atoms with Crippen LogP contribution in [0, 0.1) is 0 Å². The van der Waals surface area contributed by atoms with Gasteiger partial charge < -0.3 is 9.88 Å². The van der Waals surface area contributed by atoms with Crippen LogP contribution in [-0.2, 0) is 6.54 Å². The standard InChI is InChI=1S/C11H21N3/c1-4-11(2,3)13-6-5-8-14-9-7-12-10-14/h7,9-10,13H,4-6,8H2,1-3H3. The van der Waals surface area contributed by atoms with Gasteiger partial charge in [-0.3, -0.25) is 0 Å². The summed E-state index contributed by atoms with van der Waals surface area (Å²) < 4.78 is 2.11. The van der Waals surface area contributed by atoms with E-state index in [-0.39, 0.29) is 5.54 Å². The fraction of sp³-hybridized carbons (Fsp3) is 0.727. The maximum atomic E-state index is 4.01. The number of nitrogens with zero attached hydrogens (tertiary/aromatic N) is 2. The second-order valence-electron chi connectivity index (χ2n) is 4.32. The third-order valence-electron chi connectivity index (χ3n) is 2.64.